The van der Waals surface area contributed by atoms with Crippen molar-refractivity contribution in [1.29, 1.82) is 0 Å². The highest BCUT2D eigenvalue weighted by atomic mass is 16.5. The molecule has 0 bridgehead atoms. The van der Waals surface area contributed by atoms with Gasteiger partial charge in [-0.25, -0.2) is 10.8 Å². The van der Waals surface area contributed by atoms with Crippen molar-refractivity contribution < 1.29 is 9.32 Å². The molecule has 2 heterocycles. The number of amides is 1. The molecule has 4 N–H and O–H groups in total. The largest absolute Gasteiger partial charge is 0.364 e. The van der Waals surface area contributed by atoms with Crippen molar-refractivity contribution in [3.8, 4) is 0 Å². The summed E-state index contributed by atoms with van der Waals surface area (Å²) < 4.78 is 4.67. The number of hydrogen-bond donors (Lipinski definition) is 3. The lowest BCUT2D eigenvalue weighted by Gasteiger charge is -2.06. The Morgan fingerprint density at radius 1 is 1.50 bits per heavy atom. The Balaban J connectivity index is 2.06. The van der Waals surface area contributed by atoms with E-state index in [0.29, 0.717) is 29.3 Å². The van der Waals surface area contributed by atoms with Crippen LogP contribution in [0.1, 0.15) is 21.7 Å². The monoisotopic (exact) mass is 247 g/mol. The van der Waals surface area contributed by atoms with Crippen LogP contribution in [0.25, 0.3) is 0 Å². The summed E-state index contributed by atoms with van der Waals surface area (Å²) in [6.07, 6.45) is 1.45. The summed E-state index contributed by atoms with van der Waals surface area (Å²) in [5.41, 5.74) is 4.26. The number of aryl methyl sites for hydroxylation is 1. The second-order valence-corrected chi connectivity index (χ2v) is 3.70. The van der Waals surface area contributed by atoms with Gasteiger partial charge in [-0.3, -0.25) is 4.79 Å². The van der Waals surface area contributed by atoms with Crippen LogP contribution in [0.15, 0.2) is 29.0 Å². The van der Waals surface area contributed by atoms with Crippen molar-refractivity contribution in [1.82, 2.24) is 15.5 Å². The molecule has 0 atom stereocenters. The molecular weight excluding hydrogens is 234 g/mol. The number of aromatic nitrogens is 2. The van der Waals surface area contributed by atoms with Crippen LogP contribution in [-0.4, -0.2) is 16.0 Å². The highest BCUT2D eigenvalue weighted by molar-refractivity contribution is 5.94. The Morgan fingerprint density at radius 3 is 3.00 bits per heavy atom. The van der Waals surface area contributed by atoms with Gasteiger partial charge in [0.05, 0.1) is 6.54 Å². The van der Waals surface area contributed by atoms with Crippen molar-refractivity contribution in [2.75, 3.05) is 5.43 Å². The molecule has 0 aliphatic carbocycles. The second-order valence-electron chi connectivity index (χ2n) is 3.70. The van der Waals surface area contributed by atoms with Crippen LogP contribution >= 0.6 is 0 Å². The van der Waals surface area contributed by atoms with Crippen molar-refractivity contribution >= 4 is 11.7 Å². The first-order valence-electron chi connectivity index (χ1n) is 5.32. The van der Waals surface area contributed by atoms with Crippen LogP contribution in [0.4, 0.5) is 5.82 Å². The number of anilines is 1. The highest BCUT2D eigenvalue weighted by Crippen LogP contribution is 2.09. The quantitative estimate of drug-likeness (QED) is 0.539. The Kier molecular flexibility index (Phi) is 3.54. The molecule has 7 heteroatoms. The standard InChI is InChI=1S/C11H13N5O2/c1-7-4-8(5-10(14-7)15-12)11(17)13-6-9-2-3-18-16-9/h2-5H,6,12H2,1H3,(H,13,17)(H,14,15). The number of pyridine rings is 1. The molecule has 7 nitrogen and oxygen atoms in total. The molecule has 2 aromatic heterocycles. The minimum atomic E-state index is -0.222. The van der Waals surface area contributed by atoms with E-state index in [0.717, 1.165) is 0 Å². The Bertz CT molecular complexity index is 538. The molecule has 1 amide bonds. The number of carbonyl (C=O) groups excluding carboxylic acids is 1. The summed E-state index contributed by atoms with van der Waals surface area (Å²) >= 11 is 0. The van der Waals surface area contributed by atoms with Gasteiger partial charge in [0, 0.05) is 17.3 Å². The molecule has 18 heavy (non-hydrogen) atoms. The SMILES string of the molecule is Cc1cc(C(=O)NCc2ccon2)cc(NN)n1. The third kappa shape index (κ3) is 2.83. The molecule has 2 rings (SSSR count). The third-order valence-electron chi connectivity index (χ3n) is 2.28. The van der Waals surface area contributed by atoms with E-state index in [9.17, 15) is 4.79 Å². The van der Waals surface area contributed by atoms with Gasteiger partial charge in [0.15, 0.2) is 0 Å². The fourth-order valence-electron chi connectivity index (χ4n) is 1.48. The average Bonchev–Trinajstić information content (AvgIpc) is 2.88. The summed E-state index contributed by atoms with van der Waals surface area (Å²) in [4.78, 5) is 16.0. The molecule has 94 valence electrons. The zero-order chi connectivity index (χ0) is 13.0. The fraction of sp³-hybridized carbons (Fsp3) is 0.182. The average molecular weight is 247 g/mol. The van der Waals surface area contributed by atoms with Gasteiger partial charge in [0.2, 0.25) is 0 Å². The van der Waals surface area contributed by atoms with Crippen molar-refractivity contribution in [2.24, 2.45) is 5.84 Å². The van der Waals surface area contributed by atoms with Crippen LogP contribution in [0.3, 0.4) is 0 Å². The summed E-state index contributed by atoms with van der Waals surface area (Å²) in [6.45, 7) is 2.09. The first-order valence-corrected chi connectivity index (χ1v) is 5.32. The van der Waals surface area contributed by atoms with E-state index >= 15 is 0 Å². The first-order chi connectivity index (χ1) is 8.69. The molecule has 0 radical (unpaired) electrons. The fourth-order valence-corrected chi connectivity index (χ4v) is 1.48. The van der Waals surface area contributed by atoms with E-state index in [1.54, 1.807) is 25.1 Å². The molecule has 2 aromatic rings. The number of hydrazine groups is 1. The molecule has 0 aromatic carbocycles. The van der Waals surface area contributed by atoms with E-state index in [1.165, 1.54) is 6.26 Å². The molecule has 0 fully saturated rings. The topological polar surface area (TPSA) is 106 Å². The van der Waals surface area contributed by atoms with E-state index in [2.05, 4.69) is 25.4 Å². The Labute approximate surface area is 103 Å². The second kappa shape index (κ2) is 5.28. The maximum Gasteiger partial charge on any atom is 0.251 e. The van der Waals surface area contributed by atoms with Gasteiger partial charge in [0.1, 0.15) is 17.8 Å². The number of carbonyl (C=O) groups is 1. The van der Waals surface area contributed by atoms with Crippen LogP contribution in [-0.2, 0) is 6.54 Å². The molecule has 0 saturated heterocycles. The molecule has 0 unspecified atom stereocenters. The zero-order valence-corrected chi connectivity index (χ0v) is 9.80. The predicted octanol–water partition coefficient (Wildman–Crippen LogP) is 0.594. The minimum absolute atomic E-state index is 0.222. The molecule has 0 aliphatic rings. The third-order valence-corrected chi connectivity index (χ3v) is 2.28. The minimum Gasteiger partial charge on any atom is -0.364 e. The molecule has 0 spiro atoms. The number of nitrogens with two attached hydrogens (primary N) is 1. The van der Waals surface area contributed by atoms with E-state index in [-0.39, 0.29) is 5.91 Å². The Morgan fingerprint density at radius 2 is 2.33 bits per heavy atom. The summed E-state index contributed by atoms with van der Waals surface area (Å²) in [7, 11) is 0. The van der Waals surface area contributed by atoms with Crippen molar-refractivity contribution in [3.05, 3.63) is 41.4 Å². The summed E-state index contributed by atoms with van der Waals surface area (Å²) in [5, 5.41) is 6.42. The summed E-state index contributed by atoms with van der Waals surface area (Å²) in [5.74, 6) is 5.50. The first kappa shape index (κ1) is 12.1. The highest BCUT2D eigenvalue weighted by Gasteiger charge is 2.08. The molecular formula is C11H13N5O2. The number of nitrogen functional groups attached to an aromatic ring is 1. The number of hydrogen-bond acceptors (Lipinski definition) is 6. The lowest BCUT2D eigenvalue weighted by Crippen LogP contribution is -2.23. The van der Waals surface area contributed by atoms with E-state index < -0.39 is 0 Å². The van der Waals surface area contributed by atoms with E-state index in [4.69, 9.17) is 5.84 Å². The summed E-state index contributed by atoms with van der Waals surface area (Å²) in [6, 6.07) is 4.94. The van der Waals surface area contributed by atoms with Gasteiger partial charge in [-0.2, -0.15) is 0 Å². The lowest BCUT2D eigenvalue weighted by atomic mass is 10.2. The maximum atomic E-state index is 11.9. The maximum absolute atomic E-state index is 11.9. The van der Waals surface area contributed by atoms with Crippen LogP contribution in [0.2, 0.25) is 0 Å². The zero-order valence-electron chi connectivity index (χ0n) is 9.80. The van der Waals surface area contributed by atoms with Crippen molar-refractivity contribution in [2.45, 2.75) is 13.5 Å². The van der Waals surface area contributed by atoms with Gasteiger partial charge >= 0.3 is 0 Å². The predicted molar refractivity (Wildman–Crippen MR) is 64.5 cm³/mol. The van der Waals surface area contributed by atoms with Crippen LogP contribution < -0.4 is 16.6 Å². The van der Waals surface area contributed by atoms with E-state index in [1.807, 2.05) is 0 Å². The molecule has 0 aliphatic heterocycles. The number of nitrogens with zero attached hydrogens (tertiary/aromatic N) is 2. The lowest BCUT2D eigenvalue weighted by molar-refractivity contribution is 0.0950. The van der Waals surface area contributed by atoms with Gasteiger partial charge in [-0.1, -0.05) is 5.16 Å². The number of nitrogens with one attached hydrogen (secondary N) is 2. The van der Waals surface area contributed by atoms with Crippen LogP contribution in [0.5, 0.6) is 0 Å². The normalized spacial score (nSPS) is 10.1. The Hall–Kier alpha value is -2.41. The van der Waals surface area contributed by atoms with Gasteiger partial charge in [0.25, 0.3) is 5.91 Å². The number of rotatable bonds is 4. The van der Waals surface area contributed by atoms with Crippen molar-refractivity contribution in [3.63, 3.8) is 0 Å². The van der Waals surface area contributed by atoms with Gasteiger partial charge in [-0.15, -0.1) is 0 Å². The smallest absolute Gasteiger partial charge is 0.251 e. The molecule has 0 saturated carbocycles. The van der Waals surface area contributed by atoms with Gasteiger partial charge in [-0.05, 0) is 19.1 Å². The van der Waals surface area contributed by atoms with Crippen LogP contribution in [0, 0.1) is 6.92 Å². The van der Waals surface area contributed by atoms with Gasteiger partial charge < -0.3 is 15.3 Å².